The molecule has 0 aliphatic carbocycles. The summed E-state index contributed by atoms with van der Waals surface area (Å²) in [5, 5.41) is 8.01. The van der Waals surface area contributed by atoms with Crippen molar-refractivity contribution in [1.82, 2.24) is 9.78 Å². The third-order valence-corrected chi connectivity index (χ3v) is 2.99. The molecule has 1 aromatic heterocycles. The topological polar surface area (TPSA) is 65.1 Å². The van der Waals surface area contributed by atoms with Gasteiger partial charge in [-0.2, -0.15) is 5.10 Å². The van der Waals surface area contributed by atoms with E-state index in [4.69, 9.17) is 22.1 Å². The predicted octanol–water partition coefficient (Wildman–Crippen LogP) is 2.72. The van der Waals surface area contributed by atoms with Gasteiger partial charge in [-0.05, 0) is 19.1 Å². The van der Waals surface area contributed by atoms with Crippen molar-refractivity contribution in [3.05, 3.63) is 28.9 Å². The minimum absolute atomic E-state index is 0.567. The second-order valence-electron chi connectivity index (χ2n) is 3.95. The van der Waals surface area contributed by atoms with Crippen molar-refractivity contribution in [1.29, 1.82) is 0 Å². The average Bonchev–Trinajstić information content (AvgIpc) is 2.58. The first kappa shape index (κ1) is 12.6. The summed E-state index contributed by atoms with van der Waals surface area (Å²) in [5.74, 6) is 1.36. The SMILES string of the molecule is COc1cc(Nc2c(N)c(C)nn2C)ccc1Cl. The van der Waals surface area contributed by atoms with Crippen LogP contribution in [0, 0.1) is 6.92 Å². The number of halogens is 1. The van der Waals surface area contributed by atoms with Gasteiger partial charge in [-0.3, -0.25) is 4.68 Å². The molecule has 1 heterocycles. The summed E-state index contributed by atoms with van der Waals surface area (Å²) in [5.41, 5.74) is 8.21. The first-order valence-electron chi connectivity index (χ1n) is 5.42. The zero-order valence-electron chi connectivity index (χ0n) is 10.5. The number of anilines is 3. The van der Waals surface area contributed by atoms with Crippen molar-refractivity contribution >= 4 is 28.8 Å². The van der Waals surface area contributed by atoms with E-state index >= 15 is 0 Å². The lowest BCUT2D eigenvalue weighted by atomic mass is 10.3. The number of ether oxygens (including phenoxy) is 1. The van der Waals surface area contributed by atoms with Crippen LogP contribution in [0.3, 0.4) is 0 Å². The lowest BCUT2D eigenvalue weighted by Gasteiger charge is -2.10. The molecular weight excluding hydrogens is 252 g/mol. The number of nitrogens with two attached hydrogens (primary N) is 1. The number of aryl methyl sites for hydroxylation is 2. The first-order chi connectivity index (χ1) is 8.52. The monoisotopic (exact) mass is 266 g/mol. The first-order valence-corrected chi connectivity index (χ1v) is 5.80. The zero-order chi connectivity index (χ0) is 13.3. The van der Waals surface area contributed by atoms with E-state index in [9.17, 15) is 0 Å². The second-order valence-corrected chi connectivity index (χ2v) is 4.35. The van der Waals surface area contributed by atoms with Gasteiger partial charge in [-0.25, -0.2) is 0 Å². The van der Waals surface area contributed by atoms with Gasteiger partial charge in [0.2, 0.25) is 0 Å². The van der Waals surface area contributed by atoms with E-state index in [1.807, 2.05) is 26.1 Å². The Labute approximate surface area is 110 Å². The molecule has 0 radical (unpaired) electrons. The van der Waals surface area contributed by atoms with E-state index in [1.54, 1.807) is 17.9 Å². The number of rotatable bonds is 3. The van der Waals surface area contributed by atoms with Crippen molar-refractivity contribution in [3.63, 3.8) is 0 Å². The summed E-state index contributed by atoms with van der Waals surface area (Å²) in [6.07, 6.45) is 0. The lowest BCUT2D eigenvalue weighted by Crippen LogP contribution is -2.01. The maximum Gasteiger partial charge on any atom is 0.152 e. The third-order valence-electron chi connectivity index (χ3n) is 2.68. The van der Waals surface area contributed by atoms with Crippen LogP contribution in [0.4, 0.5) is 17.2 Å². The molecule has 0 saturated heterocycles. The fourth-order valence-corrected chi connectivity index (χ4v) is 1.89. The van der Waals surface area contributed by atoms with Gasteiger partial charge in [0.1, 0.15) is 5.75 Å². The number of nitrogen functional groups attached to an aromatic ring is 1. The number of nitrogens with one attached hydrogen (secondary N) is 1. The summed E-state index contributed by atoms with van der Waals surface area (Å²) in [6.45, 7) is 1.86. The van der Waals surface area contributed by atoms with Gasteiger partial charge in [-0.15, -0.1) is 0 Å². The van der Waals surface area contributed by atoms with E-state index in [0.29, 0.717) is 16.5 Å². The fraction of sp³-hybridized carbons (Fsp3) is 0.250. The van der Waals surface area contributed by atoms with Crippen LogP contribution in [0.2, 0.25) is 5.02 Å². The van der Waals surface area contributed by atoms with Crippen molar-refractivity contribution in [2.75, 3.05) is 18.2 Å². The lowest BCUT2D eigenvalue weighted by molar-refractivity contribution is 0.415. The van der Waals surface area contributed by atoms with E-state index in [-0.39, 0.29) is 0 Å². The molecule has 18 heavy (non-hydrogen) atoms. The summed E-state index contributed by atoms with van der Waals surface area (Å²) < 4.78 is 6.86. The smallest absolute Gasteiger partial charge is 0.152 e. The zero-order valence-corrected chi connectivity index (χ0v) is 11.2. The van der Waals surface area contributed by atoms with Gasteiger partial charge in [0.15, 0.2) is 5.82 Å². The number of hydrogen-bond acceptors (Lipinski definition) is 4. The quantitative estimate of drug-likeness (QED) is 0.897. The van der Waals surface area contributed by atoms with E-state index in [2.05, 4.69) is 10.4 Å². The highest BCUT2D eigenvalue weighted by molar-refractivity contribution is 6.32. The molecule has 0 saturated carbocycles. The Morgan fingerprint density at radius 2 is 2.17 bits per heavy atom. The predicted molar refractivity (Wildman–Crippen MR) is 73.6 cm³/mol. The van der Waals surface area contributed by atoms with Crippen LogP contribution in [0.25, 0.3) is 0 Å². The van der Waals surface area contributed by atoms with Gasteiger partial charge in [0, 0.05) is 18.8 Å². The van der Waals surface area contributed by atoms with Crippen LogP contribution >= 0.6 is 11.6 Å². The van der Waals surface area contributed by atoms with Crippen molar-refractivity contribution in [2.45, 2.75) is 6.92 Å². The van der Waals surface area contributed by atoms with Crippen molar-refractivity contribution in [3.8, 4) is 5.75 Å². The van der Waals surface area contributed by atoms with Crippen LogP contribution < -0.4 is 15.8 Å². The van der Waals surface area contributed by atoms with Crippen LogP contribution in [-0.2, 0) is 7.05 Å². The molecule has 2 rings (SSSR count). The molecule has 96 valence electrons. The molecule has 0 fully saturated rings. The fourth-order valence-electron chi connectivity index (χ4n) is 1.70. The van der Waals surface area contributed by atoms with Gasteiger partial charge in [0.25, 0.3) is 0 Å². The second kappa shape index (κ2) is 4.78. The molecular formula is C12H15ClN4O. The van der Waals surface area contributed by atoms with Crippen LogP contribution in [0.5, 0.6) is 5.75 Å². The van der Waals surface area contributed by atoms with Crippen molar-refractivity contribution in [2.24, 2.45) is 7.05 Å². The molecule has 0 unspecified atom stereocenters. The van der Waals surface area contributed by atoms with Gasteiger partial charge >= 0.3 is 0 Å². The van der Waals surface area contributed by atoms with Crippen LogP contribution in [-0.4, -0.2) is 16.9 Å². The minimum Gasteiger partial charge on any atom is -0.495 e. The van der Waals surface area contributed by atoms with E-state index < -0.39 is 0 Å². The Bertz CT molecular complexity index is 580. The van der Waals surface area contributed by atoms with Gasteiger partial charge in [0.05, 0.1) is 23.5 Å². The number of aromatic nitrogens is 2. The van der Waals surface area contributed by atoms with Crippen molar-refractivity contribution < 1.29 is 4.74 Å². The van der Waals surface area contributed by atoms with E-state index in [1.165, 1.54) is 0 Å². The standard InChI is InChI=1S/C12H15ClN4O/c1-7-11(14)12(17(2)16-7)15-8-4-5-9(13)10(6-8)18-3/h4-6,15H,14H2,1-3H3. The molecule has 6 heteroatoms. The molecule has 0 bridgehead atoms. The number of hydrogen-bond donors (Lipinski definition) is 2. The molecule has 0 spiro atoms. The third kappa shape index (κ3) is 2.22. The highest BCUT2D eigenvalue weighted by Crippen LogP contribution is 2.31. The minimum atomic E-state index is 0.567. The molecule has 0 atom stereocenters. The summed E-state index contributed by atoms with van der Waals surface area (Å²) in [7, 11) is 3.41. The number of methoxy groups -OCH3 is 1. The average molecular weight is 267 g/mol. The van der Waals surface area contributed by atoms with E-state index in [0.717, 1.165) is 17.2 Å². The Balaban J connectivity index is 2.34. The Morgan fingerprint density at radius 3 is 2.72 bits per heavy atom. The van der Waals surface area contributed by atoms with Crippen LogP contribution in [0.15, 0.2) is 18.2 Å². The number of nitrogens with zero attached hydrogens (tertiary/aromatic N) is 2. The maximum atomic E-state index is 5.97. The molecule has 3 N–H and O–H groups in total. The highest BCUT2D eigenvalue weighted by atomic mass is 35.5. The summed E-state index contributed by atoms with van der Waals surface area (Å²) in [6, 6.07) is 5.43. The summed E-state index contributed by atoms with van der Waals surface area (Å²) >= 11 is 5.97. The highest BCUT2D eigenvalue weighted by Gasteiger charge is 2.10. The number of benzene rings is 1. The van der Waals surface area contributed by atoms with Crippen LogP contribution in [0.1, 0.15) is 5.69 Å². The molecule has 0 aliphatic heterocycles. The summed E-state index contributed by atoms with van der Waals surface area (Å²) in [4.78, 5) is 0. The molecule has 0 amide bonds. The molecule has 5 nitrogen and oxygen atoms in total. The molecule has 1 aromatic carbocycles. The Hall–Kier alpha value is -1.88. The maximum absolute atomic E-state index is 5.97. The molecule has 0 aliphatic rings. The van der Waals surface area contributed by atoms with Gasteiger partial charge < -0.3 is 15.8 Å². The largest absolute Gasteiger partial charge is 0.495 e. The van der Waals surface area contributed by atoms with Gasteiger partial charge in [-0.1, -0.05) is 11.6 Å². The normalized spacial score (nSPS) is 10.4. The Morgan fingerprint density at radius 1 is 1.44 bits per heavy atom. The Kier molecular flexibility index (Phi) is 3.34. The molecule has 2 aromatic rings.